The first-order chi connectivity index (χ1) is 18.3. The smallest absolute Gasteiger partial charge is 0.459 e. The monoisotopic (exact) mass is 584 g/mol. The summed E-state index contributed by atoms with van der Waals surface area (Å²) >= 11 is 0. The Kier molecular flexibility index (Phi) is 11.9. The minimum atomic E-state index is -5.33. The summed E-state index contributed by atoms with van der Waals surface area (Å²) in [6.45, 7) is 2.52. The van der Waals surface area contributed by atoms with Crippen LogP contribution in [0.4, 0.5) is 13.2 Å². The lowest BCUT2D eigenvalue weighted by atomic mass is 9.98. The Morgan fingerprint density at radius 2 is 1.32 bits per heavy atom. The van der Waals surface area contributed by atoms with Crippen molar-refractivity contribution in [1.29, 1.82) is 0 Å². The molecule has 224 valence electrons. The van der Waals surface area contributed by atoms with Crippen LogP contribution in [0.25, 0.3) is 0 Å². The Labute approximate surface area is 226 Å². The van der Waals surface area contributed by atoms with E-state index in [0.29, 0.717) is 0 Å². The highest BCUT2D eigenvalue weighted by atomic mass is 19.4. The molecule has 0 saturated carbocycles. The minimum absolute atomic E-state index is 0.720. The summed E-state index contributed by atoms with van der Waals surface area (Å²) in [6.07, 6.45) is -9.91. The van der Waals surface area contributed by atoms with Gasteiger partial charge < -0.3 is 33.2 Å². The summed E-state index contributed by atoms with van der Waals surface area (Å²) in [4.78, 5) is 70.7. The van der Waals surface area contributed by atoms with E-state index in [0.717, 1.165) is 27.7 Å². The van der Waals surface area contributed by atoms with Crippen molar-refractivity contribution in [3.63, 3.8) is 0 Å². The average molecular weight is 584 g/mol. The molecule has 0 aromatic heterocycles. The predicted molar refractivity (Wildman–Crippen MR) is 120 cm³/mol. The zero-order chi connectivity index (χ0) is 31.0. The lowest BCUT2D eigenvalue weighted by Crippen LogP contribution is -2.63. The van der Waals surface area contributed by atoms with Crippen LogP contribution in [0.5, 0.6) is 0 Å². The lowest BCUT2D eigenvalue weighted by molar-refractivity contribution is -0.919. The molecule has 1 rings (SSSR count). The maximum absolute atomic E-state index is 12.6. The van der Waals surface area contributed by atoms with E-state index in [1.54, 1.807) is 0 Å². The number of likely N-dealkylation sites (N-methyl/N-ethyl adjacent to an activating group) is 1. The Morgan fingerprint density at radius 3 is 1.77 bits per heavy atom. The van der Waals surface area contributed by atoms with E-state index in [1.165, 1.54) is 14.1 Å². The number of halogens is 3. The number of ether oxygens (including phenoxy) is 7. The first-order valence-corrected chi connectivity index (χ1v) is 11.3. The third-order valence-corrected chi connectivity index (χ3v) is 4.95. The summed E-state index contributed by atoms with van der Waals surface area (Å²) in [5.41, 5.74) is 0. The van der Waals surface area contributed by atoms with Crippen LogP contribution in [0.1, 0.15) is 27.7 Å². The van der Waals surface area contributed by atoms with Gasteiger partial charge in [-0.2, -0.15) is 13.2 Å². The van der Waals surface area contributed by atoms with Crippen LogP contribution in [-0.2, 0) is 61.9 Å². The molecule has 0 amide bonds. The molecule has 0 aromatic rings. The molecule has 2 unspecified atom stereocenters. The number of hydrogen-bond donors (Lipinski definition) is 0. The summed E-state index contributed by atoms with van der Waals surface area (Å²) in [6, 6.07) is 0. The zero-order valence-corrected chi connectivity index (χ0v) is 22.3. The van der Waals surface area contributed by atoms with Gasteiger partial charge in [-0.25, -0.2) is 9.59 Å². The van der Waals surface area contributed by atoms with Gasteiger partial charge in [0.25, 0.3) is 0 Å². The van der Waals surface area contributed by atoms with Gasteiger partial charge in [0.05, 0.1) is 14.1 Å². The number of carbonyl (C=O) groups is 6. The molecule has 1 fully saturated rings. The van der Waals surface area contributed by atoms with Gasteiger partial charge in [-0.05, 0) is 0 Å². The number of carbonyl (C=O) groups excluding carboxylic acids is 6. The fraction of sp³-hybridized carbons (Fsp3) is 0.652. The van der Waals surface area contributed by atoms with E-state index in [4.69, 9.17) is 34.8 Å². The molecule has 1 saturated heterocycles. The van der Waals surface area contributed by atoms with Gasteiger partial charge in [0.2, 0.25) is 12.4 Å². The van der Waals surface area contributed by atoms with Gasteiger partial charge in [-0.15, -0.1) is 6.42 Å². The summed E-state index contributed by atoms with van der Waals surface area (Å²) < 4.78 is 72.5. The van der Waals surface area contributed by atoms with E-state index in [1.807, 2.05) is 5.92 Å². The Hall–Kier alpha value is -3.91. The number of quaternary nitrogens is 1. The molecule has 0 N–H and O–H groups in total. The topological polar surface area (TPSA) is 167 Å². The molecule has 0 radical (unpaired) electrons. The van der Waals surface area contributed by atoms with Crippen LogP contribution in [0.15, 0.2) is 0 Å². The van der Waals surface area contributed by atoms with Gasteiger partial charge in [0, 0.05) is 33.6 Å². The number of nitrogens with zero attached hydrogens (tertiary/aromatic N) is 1. The minimum Gasteiger partial charge on any atom is -0.459 e. The Bertz CT molecular complexity index is 1040. The van der Waals surface area contributed by atoms with Crippen LogP contribution in [0, 0.1) is 12.3 Å². The number of terminal acetylenes is 1. The van der Waals surface area contributed by atoms with E-state index in [-0.39, 0.29) is 0 Å². The first kappa shape index (κ1) is 34.1. The Balaban J connectivity index is 3.19. The number of rotatable bonds is 10. The highest BCUT2D eigenvalue weighted by Crippen LogP contribution is 2.30. The molecule has 14 nitrogen and oxygen atoms in total. The first-order valence-electron chi connectivity index (χ1n) is 11.3. The Morgan fingerprint density at radius 1 is 0.850 bits per heavy atom. The molecule has 0 spiro atoms. The van der Waals surface area contributed by atoms with Crippen molar-refractivity contribution >= 4 is 35.8 Å². The SMILES string of the molecule is C#CC(OC(=O)C(F)(F)F)[N+](C)(C)CC(=O)OC[C@H]1OC(OC(C)=O)[C@H](OC(C)=O)[C@@H](OC(C)=O)[C@@H]1OC(C)=O. The molecule has 40 heavy (non-hydrogen) atoms. The number of alkyl halides is 3. The highest BCUT2D eigenvalue weighted by Gasteiger charge is 2.54. The van der Waals surface area contributed by atoms with Crippen LogP contribution in [0.2, 0.25) is 0 Å². The maximum Gasteiger partial charge on any atom is 0.491 e. The molecule has 1 aliphatic rings. The van der Waals surface area contributed by atoms with E-state index in [9.17, 15) is 41.9 Å². The molecule has 17 heteroatoms. The quantitative estimate of drug-likeness (QED) is 0.109. The molecular weight excluding hydrogens is 555 g/mol. The van der Waals surface area contributed by atoms with E-state index < -0.39 is 96.6 Å². The predicted octanol–water partition coefficient (Wildman–Crippen LogP) is -0.246. The second-order valence-electron chi connectivity index (χ2n) is 8.92. The third-order valence-electron chi connectivity index (χ3n) is 4.95. The third kappa shape index (κ3) is 10.3. The molecule has 1 heterocycles. The lowest BCUT2D eigenvalue weighted by Gasteiger charge is -2.43. The summed E-state index contributed by atoms with van der Waals surface area (Å²) in [7, 11) is 2.37. The van der Waals surface area contributed by atoms with Gasteiger partial charge in [-0.3, -0.25) is 23.7 Å². The van der Waals surface area contributed by atoms with Crippen molar-refractivity contribution in [3.05, 3.63) is 0 Å². The summed E-state index contributed by atoms with van der Waals surface area (Å²) in [5, 5.41) is 0. The van der Waals surface area contributed by atoms with E-state index >= 15 is 0 Å². The van der Waals surface area contributed by atoms with Gasteiger partial charge in [0.1, 0.15) is 12.7 Å². The molecule has 0 aliphatic carbocycles. The van der Waals surface area contributed by atoms with Gasteiger partial charge >= 0.3 is 48.2 Å². The van der Waals surface area contributed by atoms with Crippen molar-refractivity contribution in [3.8, 4) is 12.3 Å². The van der Waals surface area contributed by atoms with Crippen molar-refractivity contribution in [2.24, 2.45) is 0 Å². The van der Waals surface area contributed by atoms with Crippen molar-refractivity contribution in [2.45, 2.75) is 70.8 Å². The fourth-order valence-corrected chi connectivity index (χ4v) is 3.43. The maximum atomic E-state index is 12.6. The highest BCUT2D eigenvalue weighted by molar-refractivity contribution is 5.76. The fourth-order valence-electron chi connectivity index (χ4n) is 3.43. The molecule has 0 bridgehead atoms. The number of esters is 6. The van der Waals surface area contributed by atoms with Crippen LogP contribution < -0.4 is 0 Å². The van der Waals surface area contributed by atoms with Crippen LogP contribution in [-0.4, -0.2) is 111 Å². The van der Waals surface area contributed by atoms with E-state index in [2.05, 4.69) is 4.74 Å². The van der Waals surface area contributed by atoms with Crippen LogP contribution >= 0.6 is 0 Å². The molecular formula is C23H29F3NO13+. The largest absolute Gasteiger partial charge is 0.491 e. The van der Waals surface area contributed by atoms with Crippen molar-refractivity contribution in [2.75, 3.05) is 27.2 Å². The molecule has 0 aromatic carbocycles. The van der Waals surface area contributed by atoms with Crippen molar-refractivity contribution < 1.29 is 79.6 Å². The second-order valence-corrected chi connectivity index (χ2v) is 8.92. The van der Waals surface area contributed by atoms with Crippen LogP contribution in [0.3, 0.4) is 0 Å². The molecule has 6 atom stereocenters. The van der Waals surface area contributed by atoms with Gasteiger partial charge in [-0.1, -0.05) is 0 Å². The summed E-state index contributed by atoms with van der Waals surface area (Å²) in [5.74, 6) is -5.42. The number of hydrogen-bond acceptors (Lipinski definition) is 13. The van der Waals surface area contributed by atoms with Gasteiger partial charge in [0.15, 0.2) is 18.8 Å². The zero-order valence-electron chi connectivity index (χ0n) is 22.3. The normalized spacial score (nSPS) is 23.4. The van der Waals surface area contributed by atoms with Crippen molar-refractivity contribution in [1.82, 2.24) is 0 Å². The standard InChI is InChI=1S/C23H29F3NO13/c1-8-16(40-22(33)23(24,25)26)27(6,7)9-17(32)34-10-15-18(35-11(2)28)19(36-12(3)29)20(37-13(4)30)21(39-15)38-14(5)31/h1,15-16,18-21H,9-10H2,2-7H3/q+1/t15-,16?,18-,19+,20-,21?/m1/s1. The second kappa shape index (κ2) is 13.9. The molecule has 1 aliphatic heterocycles. The average Bonchev–Trinajstić information content (AvgIpc) is 2.77.